The van der Waals surface area contributed by atoms with Gasteiger partial charge < -0.3 is 4.74 Å². The molecular formula is C36H44O2. The van der Waals surface area contributed by atoms with Crippen LogP contribution in [0, 0.1) is 34.5 Å². The van der Waals surface area contributed by atoms with Crippen LogP contribution in [0.4, 0.5) is 0 Å². The topological polar surface area (TPSA) is 26.3 Å². The van der Waals surface area contributed by atoms with E-state index in [0.717, 1.165) is 49.9 Å². The maximum absolute atomic E-state index is 12.2. The summed E-state index contributed by atoms with van der Waals surface area (Å²) in [5, 5.41) is 0. The molecule has 0 unspecified atom stereocenters. The molecule has 7 rings (SSSR count). The Morgan fingerprint density at radius 3 is 2.08 bits per heavy atom. The Kier molecular flexibility index (Phi) is 5.65. The normalized spacial score (nSPS) is 41.7. The second-order valence-electron chi connectivity index (χ2n) is 14.1. The fraction of sp³-hybridized carbons (Fsp3) is 0.583. The summed E-state index contributed by atoms with van der Waals surface area (Å²) in [5.41, 5.74) is 4.17. The zero-order chi connectivity index (χ0) is 26.2. The Morgan fingerprint density at radius 2 is 1.39 bits per heavy atom. The highest BCUT2D eigenvalue weighted by atomic mass is 16.5. The van der Waals surface area contributed by atoms with Gasteiger partial charge in [-0.3, -0.25) is 4.79 Å². The summed E-state index contributed by atoms with van der Waals surface area (Å²) < 4.78 is 7.51. The molecule has 0 aromatic heterocycles. The fourth-order valence-corrected chi connectivity index (χ4v) is 10.7. The van der Waals surface area contributed by atoms with E-state index in [1.165, 1.54) is 48.8 Å². The van der Waals surface area contributed by atoms with Crippen molar-refractivity contribution in [1.82, 2.24) is 0 Å². The predicted octanol–water partition coefficient (Wildman–Crippen LogP) is 8.65. The lowest BCUT2D eigenvalue weighted by atomic mass is 9.46. The average Bonchev–Trinajstić information content (AvgIpc) is 3.49. The molecule has 38 heavy (non-hydrogen) atoms. The molecule has 2 nitrogen and oxygen atoms in total. The van der Waals surface area contributed by atoms with Crippen LogP contribution in [0.5, 0.6) is 0 Å². The van der Waals surface area contributed by atoms with Crippen molar-refractivity contribution in [3.8, 4) is 0 Å². The number of rotatable bonds is 3. The second kappa shape index (κ2) is 8.65. The van der Waals surface area contributed by atoms with E-state index in [1.807, 2.05) is 6.08 Å². The maximum Gasteiger partial charge on any atom is 0.155 e. The van der Waals surface area contributed by atoms with Gasteiger partial charge >= 0.3 is 0 Å². The van der Waals surface area contributed by atoms with Gasteiger partial charge in [0.15, 0.2) is 5.78 Å². The third-order valence-electron chi connectivity index (χ3n) is 12.6. The monoisotopic (exact) mass is 508 g/mol. The largest absolute Gasteiger partial charge is 0.359 e. The molecule has 7 atom stereocenters. The third-order valence-corrected chi connectivity index (χ3v) is 12.6. The number of carbonyl (C=O) groups excluding carboxylic acids is 1. The van der Waals surface area contributed by atoms with Gasteiger partial charge in [0, 0.05) is 6.42 Å². The van der Waals surface area contributed by atoms with Crippen LogP contribution in [0.25, 0.3) is 0 Å². The Balaban J connectivity index is 1.21. The molecular weight excluding hydrogens is 464 g/mol. The molecule has 5 aliphatic rings. The highest BCUT2D eigenvalue weighted by Crippen LogP contribution is 2.69. The van der Waals surface area contributed by atoms with Crippen LogP contribution in [-0.2, 0) is 15.1 Å². The average molecular weight is 509 g/mol. The first-order chi connectivity index (χ1) is 18.3. The molecule has 2 aromatic rings. The summed E-state index contributed by atoms with van der Waals surface area (Å²) in [6.07, 6.45) is 13.7. The standard InChI is InChI=1S/C36H44O2/c1-33-20-18-28(37)24-27(33)14-15-29-30-16-17-32(34(30,2)21-19-31(29)33)35(3)22-23-36(38-35,25-10-6-4-7-11-25)26-12-8-5-9-13-26/h4-13,24,29-32H,14-23H2,1-3H3/t29-,30-,31-,32+,33+,34+,35-/m1/s1. The predicted molar refractivity (Wildman–Crippen MR) is 153 cm³/mol. The molecule has 1 saturated heterocycles. The molecule has 0 spiro atoms. The summed E-state index contributed by atoms with van der Waals surface area (Å²) in [7, 11) is 0. The molecule has 4 fully saturated rings. The van der Waals surface area contributed by atoms with Crippen LogP contribution < -0.4 is 0 Å². The van der Waals surface area contributed by atoms with Crippen molar-refractivity contribution in [3.63, 3.8) is 0 Å². The molecule has 0 amide bonds. The van der Waals surface area contributed by atoms with Crippen molar-refractivity contribution in [1.29, 1.82) is 0 Å². The van der Waals surface area contributed by atoms with Crippen molar-refractivity contribution in [2.75, 3.05) is 0 Å². The van der Waals surface area contributed by atoms with Crippen LogP contribution >= 0.6 is 0 Å². The number of hydrogen-bond acceptors (Lipinski definition) is 2. The number of benzene rings is 2. The van der Waals surface area contributed by atoms with Crippen molar-refractivity contribution in [2.45, 2.75) is 96.2 Å². The van der Waals surface area contributed by atoms with Gasteiger partial charge in [0.05, 0.1) is 5.60 Å². The molecule has 0 bridgehead atoms. The van der Waals surface area contributed by atoms with Crippen LogP contribution in [0.15, 0.2) is 72.3 Å². The smallest absolute Gasteiger partial charge is 0.155 e. The van der Waals surface area contributed by atoms with E-state index in [9.17, 15) is 4.79 Å². The lowest BCUT2D eigenvalue weighted by Gasteiger charge is -2.59. The van der Waals surface area contributed by atoms with E-state index < -0.39 is 0 Å². The highest BCUT2D eigenvalue weighted by Gasteiger charge is 2.64. The first kappa shape index (κ1) is 24.8. The summed E-state index contributed by atoms with van der Waals surface area (Å²) in [5.74, 6) is 3.28. The van der Waals surface area contributed by atoms with Crippen molar-refractivity contribution in [3.05, 3.63) is 83.4 Å². The first-order valence-electron chi connectivity index (χ1n) is 15.3. The number of ether oxygens (including phenoxy) is 1. The van der Waals surface area contributed by atoms with Crippen molar-refractivity contribution in [2.24, 2.45) is 34.5 Å². The molecule has 0 radical (unpaired) electrons. The van der Waals surface area contributed by atoms with Gasteiger partial charge in [-0.05, 0) is 116 Å². The quantitative estimate of drug-likeness (QED) is 0.415. The maximum atomic E-state index is 12.2. The van der Waals surface area contributed by atoms with Gasteiger partial charge in [-0.25, -0.2) is 0 Å². The molecule has 3 saturated carbocycles. The van der Waals surface area contributed by atoms with Gasteiger partial charge in [-0.1, -0.05) is 80.1 Å². The van der Waals surface area contributed by atoms with Crippen molar-refractivity contribution >= 4 is 5.78 Å². The van der Waals surface area contributed by atoms with Crippen LogP contribution in [0.2, 0.25) is 0 Å². The Labute approximate surface area is 229 Å². The first-order valence-corrected chi connectivity index (χ1v) is 15.3. The minimum Gasteiger partial charge on any atom is -0.359 e. The zero-order valence-electron chi connectivity index (χ0n) is 23.5. The Hall–Kier alpha value is -2.19. The Bertz CT molecular complexity index is 1210. The second-order valence-corrected chi connectivity index (χ2v) is 14.1. The number of carbonyl (C=O) groups is 1. The molecule has 1 heterocycles. The lowest BCUT2D eigenvalue weighted by Crippen LogP contribution is -2.53. The van der Waals surface area contributed by atoms with E-state index in [1.54, 1.807) is 0 Å². The molecule has 4 aliphatic carbocycles. The van der Waals surface area contributed by atoms with Gasteiger partial charge in [-0.15, -0.1) is 0 Å². The fourth-order valence-electron chi connectivity index (χ4n) is 10.7. The molecule has 2 aromatic carbocycles. The van der Waals surface area contributed by atoms with E-state index in [0.29, 0.717) is 17.1 Å². The molecule has 0 N–H and O–H groups in total. The summed E-state index contributed by atoms with van der Waals surface area (Å²) in [4.78, 5) is 12.2. The summed E-state index contributed by atoms with van der Waals surface area (Å²) >= 11 is 0. The zero-order valence-corrected chi connectivity index (χ0v) is 23.5. The lowest BCUT2D eigenvalue weighted by molar-refractivity contribution is -0.150. The van der Waals surface area contributed by atoms with Gasteiger partial charge in [-0.2, -0.15) is 0 Å². The number of fused-ring (bicyclic) bond motifs is 5. The number of hydrogen-bond donors (Lipinski definition) is 0. The SMILES string of the molecule is C[C@]12CC[C@@H]3[C@H](CCC4=CC(=O)CC[C@@]43C)[C@H]1CC[C@@H]2[C@@]1(C)CCC(c2ccccc2)(c2ccccc2)O1. The van der Waals surface area contributed by atoms with E-state index >= 15 is 0 Å². The summed E-state index contributed by atoms with van der Waals surface area (Å²) in [6.45, 7) is 7.61. The van der Waals surface area contributed by atoms with Crippen LogP contribution in [0.3, 0.4) is 0 Å². The molecule has 2 heteroatoms. The van der Waals surface area contributed by atoms with Crippen LogP contribution in [0.1, 0.15) is 96.1 Å². The molecule has 200 valence electrons. The van der Waals surface area contributed by atoms with Gasteiger partial charge in [0.2, 0.25) is 0 Å². The third kappa shape index (κ3) is 3.44. The number of ketones is 1. The minimum atomic E-state index is -0.366. The number of allylic oxidation sites excluding steroid dienone is 1. The van der Waals surface area contributed by atoms with Gasteiger partial charge in [0.1, 0.15) is 5.60 Å². The van der Waals surface area contributed by atoms with Crippen molar-refractivity contribution < 1.29 is 9.53 Å². The molecule has 1 aliphatic heterocycles. The van der Waals surface area contributed by atoms with E-state index in [-0.39, 0.29) is 16.6 Å². The van der Waals surface area contributed by atoms with E-state index in [2.05, 4.69) is 81.4 Å². The Morgan fingerprint density at radius 1 is 0.711 bits per heavy atom. The highest BCUT2D eigenvalue weighted by molar-refractivity contribution is 5.91. The minimum absolute atomic E-state index is 0.122. The van der Waals surface area contributed by atoms with Crippen LogP contribution in [-0.4, -0.2) is 11.4 Å². The van der Waals surface area contributed by atoms with Gasteiger partial charge in [0.25, 0.3) is 0 Å². The summed E-state index contributed by atoms with van der Waals surface area (Å²) in [6, 6.07) is 22.0. The van der Waals surface area contributed by atoms with E-state index in [4.69, 9.17) is 4.74 Å².